The minimum absolute atomic E-state index is 0.0586. The average Bonchev–Trinajstić information content (AvgIpc) is 3.18. The van der Waals surface area contributed by atoms with Gasteiger partial charge in [0.25, 0.3) is 7.82 Å². The van der Waals surface area contributed by atoms with Crippen molar-refractivity contribution < 1.29 is 47.2 Å². The molecule has 0 amide bonds. The van der Waals surface area contributed by atoms with Gasteiger partial charge in [0.05, 0.1) is 33.9 Å². The van der Waals surface area contributed by atoms with Crippen molar-refractivity contribution in [1.29, 1.82) is 0 Å². The zero-order chi connectivity index (χ0) is 43.7. The minimum Gasteiger partial charge on any atom is -0.756 e. The van der Waals surface area contributed by atoms with E-state index in [0.29, 0.717) is 36.7 Å². The fraction of sp³-hybridized carbons (Fsp3) is 0.667. The van der Waals surface area contributed by atoms with Crippen molar-refractivity contribution in [3.05, 3.63) is 85.1 Å². The van der Waals surface area contributed by atoms with Crippen LogP contribution >= 0.6 is 7.82 Å². The topological polar surface area (TPSA) is 131 Å². The van der Waals surface area contributed by atoms with Crippen LogP contribution in [0.2, 0.25) is 0 Å². The maximum Gasteiger partial charge on any atom is 0.306 e. The van der Waals surface area contributed by atoms with Crippen LogP contribution in [0.4, 0.5) is 0 Å². The zero-order valence-corrected chi connectivity index (χ0v) is 38.4. The Labute approximate surface area is 359 Å². The number of nitrogens with zero attached hydrogens (tertiary/aromatic N) is 1. The van der Waals surface area contributed by atoms with Gasteiger partial charge >= 0.3 is 11.9 Å². The summed E-state index contributed by atoms with van der Waals surface area (Å²) in [6.45, 7) is 3.96. The summed E-state index contributed by atoms with van der Waals surface area (Å²) < 4.78 is 33.8. The van der Waals surface area contributed by atoms with Gasteiger partial charge in [-0.2, -0.15) is 0 Å². The summed E-state index contributed by atoms with van der Waals surface area (Å²) in [5.74, 6) is -0.973. The highest BCUT2D eigenvalue weighted by Crippen LogP contribution is 2.38. The summed E-state index contributed by atoms with van der Waals surface area (Å²) in [5, 5.41) is 10.0. The number of phosphoric ester groups is 1. The molecule has 10 nitrogen and oxygen atoms in total. The quantitative estimate of drug-likeness (QED) is 0.0160. The lowest BCUT2D eigenvalue weighted by molar-refractivity contribution is -0.870. The largest absolute Gasteiger partial charge is 0.756 e. The lowest BCUT2D eigenvalue weighted by Gasteiger charge is -2.28. The number of allylic oxidation sites excluding steroid dienone is 12. The molecule has 0 rings (SSSR count). The highest BCUT2D eigenvalue weighted by molar-refractivity contribution is 7.45. The van der Waals surface area contributed by atoms with Gasteiger partial charge in [0, 0.05) is 12.8 Å². The van der Waals surface area contributed by atoms with E-state index in [0.717, 1.165) is 51.4 Å². The van der Waals surface area contributed by atoms with Gasteiger partial charge in [0.1, 0.15) is 19.8 Å². The second kappa shape index (κ2) is 39.3. The molecule has 11 heteroatoms. The second-order valence-electron chi connectivity index (χ2n) is 15.9. The minimum atomic E-state index is -4.66. The third kappa shape index (κ3) is 43.1. The molecule has 0 radical (unpaired) electrons. The molecule has 59 heavy (non-hydrogen) atoms. The molecule has 1 unspecified atom stereocenters. The first kappa shape index (κ1) is 56.1. The first-order valence-electron chi connectivity index (χ1n) is 22.4. The van der Waals surface area contributed by atoms with E-state index >= 15 is 0 Å². The average molecular weight is 848 g/mol. The van der Waals surface area contributed by atoms with Crippen molar-refractivity contribution in [3.63, 3.8) is 0 Å². The molecule has 0 spiro atoms. The van der Waals surface area contributed by atoms with Crippen molar-refractivity contribution in [2.75, 3.05) is 47.5 Å². The number of hydrogen-bond acceptors (Lipinski definition) is 9. The standard InChI is InChI=1S/C48H82NO9P/c1-6-8-10-12-14-15-16-17-18-19-20-21-22-23-28-32-36-40-48(52)58-46(44-57-59(53,54)56-42-41-49(3,4)5)43-55-47(51)39-35-31-27-25-24-26-30-34-38-45(50)37-33-29-13-11-9-7-2/h14-15,17-18,20-21,25-27,29-30,33-34,38,45-46,50H,6-13,16,19,22-24,28,31-32,35-37,39-44H2,1-5H3/b15-14-,18-17-,21-20-,27-25-,30-26-,33-29-,38-34+/t45-,46-/m1/s1. The van der Waals surface area contributed by atoms with Crippen LogP contribution in [-0.2, 0) is 32.7 Å². The smallest absolute Gasteiger partial charge is 0.306 e. The lowest BCUT2D eigenvalue weighted by atomic mass is 10.1. The Bertz CT molecular complexity index is 1300. The van der Waals surface area contributed by atoms with Crippen LogP contribution in [0.25, 0.3) is 0 Å². The fourth-order valence-corrected chi connectivity index (χ4v) is 6.11. The number of esters is 2. The molecule has 0 bridgehead atoms. The maximum atomic E-state index is 12.7. The number of aliphatic hydroxyl groups excluding tert-OH is 1. The Kier molecular flexibility index (Phi) is 37.4. The number of quaternary nitrogens is 1. The van der Waals surface area contributed by atoms with E-state index in [1.54, 1.807) is 6.08 Å². The van der Waals surface area contributed by atoms with E-state index in [1.165, 1.54) is 44.9 Å². The Hall–Kier alpha value is -2.85. The van der Waals surface area contributed by atoms with Crippen LogP contribution in [0.1, 0.15) is 149 Å². The van der Waals surface area contributed by atoms with Crippen LogP contribution < -0.4 is 4.89 Å². The molecule has 3 atom stereocenters. The van der Waals surface area contributed by atoms with Gasteiger partial charge in [-0.25, -0.2) is 0 Å². The number of phosphoric acid groups is 1. The van der Waals surface area contributed by atoms with Gasteiger partial charge in [-0.15, -0.1) is 0 Å². The number of likely N-dealkylation sites (N-methyl/N-ethyl adjacent to an activating group) is 1. The van der Waals surface area contributed by atoms with E-state index in [-0.39, 0.29) is 26.1 Å². The molecule has 0 saturated heterocycles. The molecular weight excluding hydrogens is 766 g/mol. The Morgan fingerprint density at radius 2 is 1.15 bits per heavy atom. The van der Waals surface area contributed by atoms with Crippen LogP contribution in [0.3, 0.4) is 0 Å². The molecule has 0 aliphatic rings. The van der Waals surface area contributed by atoms with Crippen molar-refractivity contribution in [1.82, 2.24) is 0 Å². The number of carbonyl (C=O) groups is 2. The highest BCUT2D eigenvalue weighted by atomic mass is 31.2. The monoisotopic (exact) mass is 848 g/mol. The molecule has 0 heterocycles. The SMILES string of the molecule is CCCCC/C=C\C/C=C\C/C=C\CCCCCCC(=O)O[C@H](COC(=O)CCC/C=C\C/C=C\C=C\[C@H](O)C/C=C\CCCCC)COP(=O)([O-])OCC[N+](C)(C)C. The van der Waals surface area contributed by atoms with E-state index in [2.05, 4.69) is 56.4 Å². The summed E-state index contributed by atoms with van der Waals surface area (Å²) in [4.78, 5) is 37.5. The lowest BCUT2D eigenvalue weighted by Crippen LogP contribution is -2.37. The molecule has 0 fully saturated rings. The Morgan fingerprint density at radius 1 is 0.627 bits per heavy atom. The molecule has 0 aliphatic carbocycles. The Morgan fingerprint density at radius 3 is 1.76 bits per heavy atom. The third-order valence-corrected chi connectivity index (χ3v) is 9.93. The summed E-state index contributed by atoms with van der Waals surface area (Å²) in [5.41, 5.74) is 0. The molecule has 0 aromatic rings. The van der Waals surface area contributed by atoms with Gasteiger partial charge in [0.15, 0.2) is 6.10 Å². The molecule has 1 N–H and O–H groups in total. The number of ether oxygens (including phenoxy) is 2. The number of hydrogen-bond donors (Lipinski definition) is 1. The predicted octanol–water partition coefficient (Wildman–Crippen LogP) is 11.1. The van der Waals surface area contributed by atoms with Crippen LogP contribution in [-0.4, -0.2) is 81.2 Å². The van der Waals surface area contributed by atoms with Gasteiger partial charge in [0.2, 0.25) is 0 Å². The summed E-state index contributed by atoms with van der Waals surface area (Å²) >= 11 is 0. The maximum absolute atomic E-state index is 12.7. The van der Waals surface area contributed by atoms with E-state index in [9.17, 15) is 24.2 Å². The number of aliphatic hydroxyl groups is 1. The zero-order valence-electron chi connectivity index (χ0n) is 37.5. The van der Waals surface area contributed by atoms with E-state index < -0.39 is 38.6 Å². The number of rotatable bonds is 39. The van der Waals surface area contributed by atoms with Crippen molar-refractivity contribution in [3.8, 4) is 0 Å². The molecule has 0 saturated carbocycles. The highest BCUT2D eigenvalue weighted by Gasteiger charge is 2.21. The van der Waals surface area contributed by atoms with Gasteiger partial charge in [-0.05, 0) is 83.5 Å². The third-order valence-electron chi connectivity index (χ3n) is 8.97. The second-order valence-corrected chi connectivity index (χ2v) is 17.3. The molecule has 338 valence electrons. The molecular formula is C48H82NO9P. The van der Waals surface area contributed by atoms with Crippen LogP contribution in [0.15, 0.2) is 85.1 Å². The molecule has 0 aromatic heterocycles. The van der Waals surface area contributed by atoms with Crippen molar-refractivity contribution in [2.45, 2.75) is 161 Å². The summed E-state index contributed by atoms with van der Waals surface area (Å²) in [6.07, 6.45) is 46.4. The van der Waals surface area contributed by atoms with Crippen molar-refractivity contribution in [2.24, 2.45) is 0 Å². The number of carbonyl (C=O) groups excluding carboxylic acids is 2. The fourth-order valence-electron chi connectivity index (χ4n) is 5.38. The van der Waals surface area contributed by atoms with Gasteiger partial charge in [-0.1, -0.05) is 137 Å². The first-order chi connectivity index (χ1) is 28.4. The molecule has 0 aliphatic heterocycles. The van der Waals surface area contributed by atoms with Gasteiger partial charge < -0.3 is 33.0 Å². The van der Waals surface area contributed by atoms with Crippen molar-refractivity contribution >= 4 is 19.8 Å². The summed E-state index contributed by atoms with van der Waals surface area (Å²) in [7, 11) is 1.07. The molecule has 0 aromatic carbocycles. The van der Waals surface area contributed by atoms with Crippen LogP contribution in [0.5, 0.6) is 0 Å². The summed E-state index contributed by atoms with van der Waals surface area (Å²) in [6, 6.07) is 0. The van der Waals surface area contributed by atoms with E-state index in [4.69, 9.17) is 18.5 Å². The first-order valence-corrected chi connectivity index (χ1v) is 23.9. The van der Waals surface area contributed by atoms with Gasteiger partial charge in [-0.3, -0.25) is 14.2 Å². The predicted molar refractivity (Wildman–Crippen MR) is 242 cm³/mol. The Balaban J connectivity index is 4.57. The van der Waals surface area contributed by atoms with E-state index in [1.807, 2.05) is 57.6 Å². The normalized spacial score (nSPS) is 14.9. The number of unbranched alkanes of at least 4 members (excludes halogenated alkanes) is 11. The van der Waals surface area contributed by atoms with Crippen LogP contribution in [0, 0.1) is 0 Å².